The highest BCUT2D eigenvalue weighted by molar-refractivity contribution is 5.62. The van der Waals surface area contributed by atoms with Gasteiger partial charge in [-0.2, -0.15) is 0 Å². The van der Waals surface area contributed by atoms with Gasteiger partial charge in [0.2, 0.25) is 0 Å². The van der Waals surface area contributed by atoms with Crippen LogP contribution in [0.3, 0.4) is 0 Å². The van der Waals surface area contributed by atoms with Crippen molar-refractivity contribution in [2.24, 2.45) is 17.8 Å². The minimum Gasteiger partial charge on any atom is -0.345 e. The van der Waals surface area contributed by atoms with Gasteiger partial charge in [-0.3, -0.25) is 4.90 Å². The van der Waals surface area contributed by atoms with Crippen LogP contribution in [0.15, 0.2) is 12.1 Å². The average molecular weight is 322 g/mol. The summed E-state index contributed by atoms with van der Waals surface area (Å²) in [5.74, 6) is 3.03. The van der Waals surface area contributed by atoms with E-state index in [1.54, 1.807) is 0 Å². The molecule has 0 N–H and O–H groups in total. The molecule has 5 fully saturated rings. The Hall–Kier alpha value is -1.02. The zero-order valence-electron chi connectivity index (χ0n) is 15.4. The second kappa shape index (κ2) is 5.24. The van der Waals surface area contributed by atoms with Crippen molar-refractivity contribution in [2.75, 3.05) is 18.0 Å². The van der Waals surface area contributed by atoms with E-state index in [1.165, 1.54) is 67.4 Å². The first-order valence-electron chi connectivity index (χ1n) is 9.92. The summed E-state index contributed by atoms with van der Waals surface area (Å²) in [7, 11) is 0. The van der Waals surface area contributed by atoms with Crippen LogP contribution in [0.25, 0.3) is 0 Å². The lowest BCUT2D eigenvalue weighted by molar-refractivity contribution is -0.0712. The minimum absolute atomic E-state index is 0.454. The third-order valence-corrected chi connectivity index (χ3v) is 7.27. The first-order valence-corrected chi connectivity index (χ1v) is 9.92. The molecule has 4 saturated carbocycles. The highest BCUT2D eigenvalue weighted by atomic mass is 15.4. The van der Waals surface area contributed by atoms with Crippen molar-refractivity contribution in [1.29, 1.82) is 0 Å². The largest absolute Gasteiger partial charge is 0.345 e. The molecule has 4 bridgehead atoms. The molecular weight excluding hydrogens is 292 g/mol. The quantitative estimate of drug-likeness (QED) is 0.779. The number of aryl methyl sites for hydroxylation is 3. The van der Waals surface area contributed by atoms with Gasteiger partial charge in [0, 0.05) is 24.3 Å². The molecule has 1 aromatic carbocycles. The Morgan fingerprint density at radius 2 is 1.42 bits per heavy atom. The fourth-order valence-electron chi connectivity index (χ4n) is 6.94. The Morgan fingerprint density at radius 1 is 0.875 bits per heavy atom. The van der Waals surface area contributed by atoms with Crippen LogP contribution >= 0.6 is 0 Å². The molecule has 0 aromatic heterocycles. The number of benzene rings is 1. The Balaban J connectivity index is 1.40. The van der Waals surface area contributed by atoms with E-state index in [9.17, 15) is 0 Å². The highest BCUT2D eigenvalue weighted by Crippen LogP contribution is 2.58. The van der Waals surface area contributed by atoms with Crippen LogP contribution in [0, 0.1) is 45.2 Å². The lowest BCUT2D eigenvalue weighted by atomic mass is 9.52. The number of nitrogens with zero attached hydrogens (tertiary/aromatic N) is 2. The molecule has 2 radical (unpaired) electrons. The van der Waals surface area contributed by atoms with Crippen molar-refractivity contribution in [3.05, 3.63) is 35.5 Å². The first kappa shape index (κ1) is 15.3. The molecule has 1 aliphatic heterocycles. The van der Waals surface area contributed by atoms with E-state index in [0.29, 0.717) is 5.54 Å². The van der Waals surface area contributed by atoms with E-state index in [1.807, 2.05) is 0 Å². The third-order valence-electron chi connectivity index (χ3n) is 7.27. The maximum Gasteiger partial charge on any atom is 0.178 e. The summed E-state index contributed by atoms with van der Waals surface area (Å²) >= 11 is 0. The van der Waals surface area contributed by atoms with Gasteiger partial charge in [-0.15, -0.1) is 0 Å². The minimum atomic E-state index is 0.454. The van der Waals surface area contributed by atoms with Crippen LogP contribution in [-0.2, 0) is 0 Å². The molecule has 2 heteroatoms. The van der Waals surface area contributed by atoms with Gasteiger partial charge >= 0.3 is 0 Å². The lowest BCUT2D eigenvalue weighted by Gasteiger charge is -2.59. The van der Waals surface area contributed by atoms with Gasteiger partial charge in [0.25, 0.3) is 0 Å². The Bertz CT molecular complexity index is 604. The normalized spacial score (nSPS) is 38.3. The van der Waals surface area contributed by atoms with Crippen LogP contribution in [-0.4, -0.2) is 23.5 Å². The fraction of sp³-hybridized carbons (Fsp3) is 0.682. The number of hydrogen-bond acceptors (Lipinski definition) is 2. The number of rotatable bonds is 2. The SMILES string of the molecule is Cc1cc(C)c(N2[C]N(C34CC5CC(CC(C5)C3)C4)CC2)c(C)c1. The molecule has 2 nitrogen and oxygen atoms in total. The summed E-state index contributed by atoms with van der Waals surface area (Å²) in [6, 6.07) is 4.63. The third kappa shape index (κ3) is 2.25. The maximum atomic E-state index is 3.83. The van der Waals surface area contributed by atoms with Crippen molar-refractivity contribution in [2.45, 2.75) is 64.8 Å². The predicted octanol–water partition coefficient (Wildman–Crippen LogP) is 4.70. The molecule has 0 atom stereocenters. The van der Waals surface area contributed by atoms with Crippen molar-refractivity contribution in [1.82, 2.24) is 4.90 Å². The molecule has 5 aliphatic rings. The van der Waals surface area contributed by atoms with Gasteiger partial charge in [0.05, 0.1) is 0 Å². The Labute approximate surface area is 147 Å². The zero-order chi connectivity index (χ0) is 16.5. The highest BCUT2D eigenvalue weighted by Gasteiger charge is 2.54. The molecule has 1 aromatic rings. The topological polar surface area (TPSA) is 6.48 Å². The van der Waals surface area contributed by atoms with Gasteiger partial charge < -0.3 is 4.90 Å². The fourth-order valence-corrected chi connectivity index (χ4v) is 6.94. The first-order chi connectivity index (χ1) is 11.5. The molecular formula is C22H30N2. The molecule has 4 aliphatic carbocycles. The molecule has 128 valence electrons. The van der Waals surface area contributed by atoms with Crippen molar-refractivity contribution in [3.63, 3.8) is 0 Å². The Morgan fingerprint density at radius 3 is 1.96 bits per heavy atom. The van der Waals surface area contributed by atoms with Gasteiger partial charge in [-0.1, -0.05) is 17.7 Å². The van der Waals surface area contributed by atoms with Gasteiger partial charge in [0.15, 0.2) is 6.67 Å². The lowest BCUT2D eigenvalue weighted by Crippen LogP contribution is -2.58. The molecule has 1 heterocycles. The smallest absolute Gasteiger partial charge is 0.178 e. The standard InChI is InChI=1S/C22H30N2/c1-15-6-16(2)21(17(3)7-15)23-4-5-24(14-23)22-11-18-8-19(12-22)10-20(9-18)13-22/h6-7,18-20H,4-5,8-13H2,1-3H3. The predicted molar refractivity (Wildman–Crippen MR) is 98.9 cm³/mol. The van der Waals surface area contributed by atoms with E-state index in [2.05, 4.69) is 49.4 Å². The van der Waals surface area contributed by atoms with Crippen LogP contribution in [0.5, 0.6) is 0 Å². The summed E-state index contributed by atoms with van der Waals surface area (Å²) in [4.78, 5) is 5.07. The van der Waals surface area contributed by atoms with Gasteiger partial charge in [0.1, 0.15) is 0 Å². The molecule has 0 unspecified atom stereocenters. The average Bonchev–Trinajstić information content (AvgIpc) is 2.95. The van der Waals surface area contributed by atoms with Crippen molar-refractivity contribution >= 4 is 5.69 Å². The van der Waals surface area contributed by atoms with Crippen molar-refractivity contribution in [3.8, 4) is 0 Å². The van der Waals surface area contributed by atoms with E-state index in [-0.39, 0.29) is 0 Å². The van der Waals surface area contributed by atoms with Crippen LogP contribution in [0.1, 0.15) is 55.2 Å². The Kier molecular flexibility index (Phi) is 3.33. The second-order valence-electron chi connectivity index (χ2n) is 9.29. The number of hydrogen-bond donors (Lipinski definition) is 0. The van der Waals surface area contributed by atoms with E-state index < -0.39 is 0 Å². The zero-order valence-corrected chi connectivity index (χ0v) is 15.4. The second-order valence-corrected chi connectivity index (χ2v) is 9.29. The van der Waals surface area contributed by atoms with Crippen molar-refractivity contribution < 1.29 is 0 Å². The van der Waals surface area contributed by atoms with E-state index in [0.717, 1.165) is 24.3 Å². The summed E-state index contributed by atoms with van der Waals surface area (Å²) in [6.07, 6.45) is 8.87. The van der Waals surface area contributed by atoms with Gasteiger partial charge in [-0.25, -0.2) is 0 Å². The summed E-state index contributed by atoms with van der Waals surface area (Å²) in [6.45, 7) is 12.8. The van der Waals surface area contributed by atoms with E-state index >= 15 is 0 Å². The summed E-state index contributed by atoms with van der Waals surface area (Å²) < 4.78 is 0. The molecule has 24 heavy (non-hydrogen) atoms. The van der Waals surface area contributed by atoms with Gasteiger partial charge in [-0.05, 0) is 88.2 Å². The molecule has 6 rings (SSSR count). The van der Waals surface area contributed by atoms with Crippen LogP contribution in [0.4, 0.5) is 5.69 Å². The molecule has 0 spiro atoms. The van der Waals surface area contributed by atoms with Crippen LogP contribution in [0.2, 0.25) is 0 Å². The summed E-state index contributed by atoms with van der Waals surface area (Å²) in [5.41, 5.74) is 6.01. The maximum absolute atomic E-state index is 3.83. The number of anilines is 1. The van der Waals surface area contributed by atoms with E-state index in [4.69, 9.17) is 0 Å². The molecule has 0 amide bonds. The molecule has 1 saturated heterocycles. The monoisotopic (exact) mass is 322 g/mol. The van der Waals surface area contributed by atoms with Crippen LogP contribution < -0.4 is 4.90 Å². The summed E-state index contributed by atoms with van der Waals surface area (Å²) in [5, 5.41) is 0.